The number of rotatable bonds is 5. The fraction of sp³-hybridized carbons (Fsp3) is 0.263. The number of nitrogens with one attached hydrogen (secondary N) is 1. The molecule has 1 saturated heterocycles. The minimum absolute atomic E-state index is 0.100. The van der Waals surface area contributed by atoms with Crippen LogP contribution in [0.15, 0.2) is 53.4 Å². The van der Waals surface area contributed by atoms with E-state index >= 15 is 0 Å². The lowest BCUT2D eigenvalue weighted by Gasteiger charge is -2.26. The Morgan fingerprint density at radius 1 is 1.12 bits per heavy atom. The van der Waals surface area contributed by atoms with Gasteiger partial charge in [0.25, 0.3) is 0 Å². The number of carbonyl (C=O) groups excluding carboxylic acids is 2. The molecule has 2 aromatic rings. The predicted octanol–water partition coefficient (Wildman–Crippen LogP) is 2.33. The van der Waals surface area contributed by atoms with Crippen molar-refractivity contribution in [1.82, 2.24) is 4.90 Å². The quantitative estimate of drug-likeness (QED) is 0.848. The van der Waals surface area contributed by atoms with Gasteiger partial charge in [0.2, 0.25) is 11.8 Å². The molecule has 0 spiro atoms. The van der Waals surface area contributed by atoms with Crippen LogP contribution in [0.1, 0.15) is 11.1 Å². The third-order valence-corrected chi connectivity index (χ3v) is 3.91. The van der Waals surface area contributed by atoms with Gasteiger partial charge >= 0.3 is 0 Å². The molecule has 2 heterocycles. The molecule has 1 fully saturated rings. The number of carbonyl (C=O) groups is 2. The Kier molecular flexibility index (Phi) is 5.64. The van der Waals surface area contributed by atoms with E-state index in [1.807, 2.05) is 17.0 Å². The van der Waals surface area contributed by atoms with Gasteiger partial charge in [-0.15, -0.1) is 0 Å². The first-order valence-corrected chi connectivity index (χ1v) is 8.16. The summed E-state index contributed by atoms with van der Waals surface area (Å²) in [5.41, 5.74) is 2.43. The van der Waals surface area contributed by atoms with Crippen LogP contribution in [0.25, 0.3) is 6.08 Å². The zero-order chi connectivity index (χ0) is 17.5. The SMILES string of the molecule is O=C(C=Cc1ccoc1)Nc1ccc(CC(=O)N2CCOCC2)cc1. The molecule has 6 heteroatoms. The zero-order valence-corrected chi connectivity index (χ0v) is 13.8. The first kappa shape index (κ1) is 17.0. The van der Waals surface area contributed by atoms with E-state index in [1.54, 1.807) is 36.8 Å². The molecule has 130 valence electrons. The first-order valence-electron chi connectivity index (χ1n) is 8.16. The second-order valence-electron chi connectivity index (χ2n) is 5.75. The summed E-state index contributed by atoms with van der Waals surface area (Å²) in [4.78, 5) is 25.9. The fourth-order valence-electron chi connectivity index (χ4n) is 2.53. The molecule has 0 saturated carbocycles. The van der Waals surface area contributed by atoms with E-state index in [0.29, 0.717) is 38.4 Å². The van der Waals surface area contributed by atoms with Crippen LogP contribution in [0.3, 0.4) is 0 Å². The lowest BCUT2D eigenvalue weighted by atomic mass is 10.1. The van der Waals surface area contributed by atoms with Gasteiger partial charge in [-0.05, 0) is 29.8 Å². The molecule has 3 rings (SSSR count). The van der Waals surface area contributed by atoms with Crippen molar-refractivity contribution in [3.8, 4) is 0 Å². The molecule has 0 bridgehead atoms. The summed E-state index contributed by atoms with van der Waals surface area (Å²) in [5, 5.41) is 2.78. The number of benzene rings is 1. The lowest BCUT2D eigenvalue weighted by Crippen LogP contribution is -2.41. The van der Waals surface area contributed by atoms with Gasteiger partial charge in [0.05, 0.1) is 32.2 Å². The summed E-state index contributed by atoms with van der Waals surface area (Å²) < 4.78 is 10.2. The van der Waals surface area contributed by atoms with Gasteiger partial charge in [0, 0.05) is 30.4 Å². The average Bonchev–Trinajstić information content (AvgIpc) is 3.16. The van der Waals surface area contributed by atoms with Crippen LogP contribution < -0.4 is 5.32 Å². The summed E-state index contributed by atoms with van der Waals surface area (Å²) in [5.74, 6) is -0.124. The van der Waals surface area contributed by atoms with Gasteiger partial charge in [-0.1, -0.05) is 12.1 Å². The van der Waals surface area contributed by atoms with Crippen LogP contribution in [0.2, 0.25) is 0 Å². The van der Waals surface area contributed by atoms with Crippen molar-refractivity contribution in [3.63, 3.8) is 0 Å². The molecule has 2 amide bonds. The normalized spacial score (nSPS) is 14.6. The molecular weight excluding hydrogens is 320 g/mol. The number of ether oxygens (including phenoxy) is 1. The number of morpholine rings is 1. The largest absolute Gasteiger partial charge is 0.472 e. The summed E-state index contributed by atoms with van der Waals surface area (Å²) >= 11 is 0. The lowest BCUT2D eigenvalue weighted by molar-refractivity contribution is -0.134. The Hall–Kier alpha value is -2.86. The van der Waals surface area contributed by atoms with Crippen molar-refractivity contribution in [2.24, 2.45) is 0 Å². The highest BCUT2D eigenvalue weighted by molar-refractivity contribution is 6.01. The summed E-state index contributed by atoms with van der Waals surface area (Å²) in [6.45, 7) is 2.50. The minimum atomic E-state index is -0.224. The van der Waals surface area contributed by atoms with Crippen molar-refractivity contribution < 1.29 is 18.7 Å². The fourth-order valence-corrected chi connectivity index (χ4v) is 2.53. The van der Waals surface area contributed by atoms with Crippen molar-refractivity contribution in [1.29, 1.82) is 0 Å². The van der Waals surface area contributed by atoms with Crippen molar-refractivity contribution >= 4 is 23.6 Å². The zero-order valence-electron chi connectivity index (χ0n) is 13.8. The van der Waals surface area contributed by atoms with E-state index in [0.717, 1.165) is 11.1 Å². The topological polar surface area (TPSA) is 71.8 Å². The van der Waals surface area contributed by atoms with Gasteiger partial charge < -0.3 is 19.4 Å². The molecule has 0 aliphatic carbocycles. The van der Waals surface area contributed by atoms with Crippen LogP contribution in [0, 0.1) is 0 Å². The molecule has 0 atom stereocenters. The summed E-state index contributed by atoms with van der Waals surface area (Å²) in [7, 11) is 0. The third kappa shape index (κ3) is 5.06. The molecule has 1 N–H and O–H groups in total. The number of anilines is 1. The number of hydrogen-bond donors (Lipinski definition) is 1. The molecule has 0 radical (unpaired) electrons. The smallest absolute Gasteiger partial charge is 0.248 e. The summed E-state index contributed by atoms with van der Waals surface area (Å²) in [6, 6.07) is 9.07. The molecule has 6 nitrogen and oxygen atoms in total. The van der Waals surface area contributed by atoms with Crippen LogP contribution in [0.5, 0.6) is 0 Å². The molecule has 0 unspecified atom stereocenters. The van der Waals surface area contributed by atoms with Gasteiger partial charge in [-0.3, -0.25) is 9.59 Å². The minimum Gasteiger partial charge on any atom is -0.472 e. The maximum Gasteiger partial charge on any atom is 0.248 e. The van der Waals surface area contributed by atoms with Crippen LogP contribution in [-0.2, 0) is 20.7 Å². The van der Waals surface area contributed by atoms with Crippen LogP contribution >= 0.6 is 0 Å². The van der Waals surface area contributed by atoms with E-state index in [2.05, 4.69) is 5.32 Å². The van der Waals surface area contributed by atoms with Gasteiger partial charge in [0.15, 0.2) is 0 Å². The van der Waals surface area contributed by atoms with E-state index < -0.39 is 0 Å². The molecule has 1 aliphatic rings. The Labute approximate surface area is 146 Å². The number of furan rings is 1. The number of nitrogens with zero attached hydrogens (tertiary/aromatic N) is 1. The molecule has 1 aromatic heterocycles. The van der Waals surface area contributed by atoms with Gasteiger partial charge in [0.1, 0.15) is 0 Å². The highest BCUT2D eigenvalue weighted by Crippen LogP contribution is 2.12. The van der Waals surface area contributed by atoms with Crippen LogP contribution in [-0.4, -0.2) is 43.0 Å². The van der Waals surface area contributed by atoms with Crippen molar-refractivity contribution in [3.05, 3.63) is 60.1 Å². The Morgan fingerprint density at radius 2 is 1.88 bits per heavy atom. The number of hydrogen-bond acceptors (Lipinski definition) is 4. The Morgan fingerprint density at radius 3 is 2.56 bits per heavy atom. The number of amides is 2. The monoisotopic (exact) mass is 340 g/mol. The first-order chi connectivity index (χ1) is 12.2. The van der Waals surface area contributed by atoms with Gasteiger partial charge in [-0.25, -0.2) is 0 Å². The van der Waals surface area contributed by atoms with E-state index in [4.69, 9.17) is 9.15 Å². The summed E-state index contributed by atoms with van der Waals surface area (Å²) in [6.07, 6.45) is 6.59. The van der Waals surface area contributed by atoms with Crippen molar-refractivity contribution in [2.75, 3.05) is 31.6 Å². The standard InChI is InChI=1S/C19H20N2O4/c22-18(6-3-16-7-10-25-14-16)20-17-4-1-15(2-5-17)13-19(23)21-8-11-24-12-9-21/h1-7,10,14H,8-9,11-13H2,(H,20,22). The van der Waals surface area contributed by atoms with Crippen molar-refractivity contribution in [2.45, 2.75) is 6.42 Å². The average molecular weight is 340 g/mol. The Bertz CT molecular complexity index is 729. The molecular formula is C19H20N2O4. The molecule has 1 aromatic carbocycles. The Balaban J connectivity index is 1.51. The second kappa shape index (κ2) is 8.30. The van der Waals surface area contributed by atoms with Crippen LogP contribution in [0.4, 0.5) is 5.69 Å². The highest BCUT2D eigenvalue weighted by Gasteiger charge is 2.16. The van der Waals surface area contributed by atoms with Gasteiger partial charge in [-0.2, -0.15) is 0 Å². The highest BCUT2D eigenvalue weighted by atomic mass is 16.5. The van der Waals surface area contributed by atoms with E-state index in [9.17, 15) is 9.59 Å². The third-order valence-electron chi connectivity index (χ3n) is 3.91. The van der Waals surface area contributed by atoms with E-state index in [-0.39, 0.29) is 11.8 Å². The molecule has 1 aliphatic heterocycles. The maximum absolute atomic E-state index is 12.2. The second-order valence-corrected chi connectivity index (χ2v) is 5.75. The predicted molar refractivity (Wildman–Crippen MR) is 93.9 cm³/mol. The maximum atomic E-state index is 12.2. The van der Waals surface area contributed by atoms with E-state index in [1.165, 1.54) is 6.08 Å². The molecule has 25 heavy (non-hydrogen) atoms.